The van der Waals surface area contributed by atoms with Crippen LogP contribution in [0.3, 0.4) is 0 Å². The number of fused-ring (bicyclic) bond motifs is 4. The second kappa shape index (κ2) is 11.4. The highest BCUT2D eigenvalue weighted by Gasteiger charge is 2.20. The van der Waals surface area contributed by atoms with Gasteiger partial charge in [0.05, 0.1) is 0 Å². The molecule has 9 aromatic rings. The normalized spacial score (nSPS) is 11.4. The molecule has 0 spiro atoms. The Balaban J connectivity index is 1.33. The molecule has 220 valence electrons. The van der Waals surface area contributed by atoms with Gasteiger partial charge in [-0.25, -0.2) is 15.0 Å². The third kappa shape index (κ3) is 4.87. The Labute approximate surface area is 276 Å². The number of rotatable bonds is 5. The van der Waals surface area contributed by atoms with Gasteiger partial charge in [0.25, 0.3) is 0 Å². The molecule has 0 atom stereocenters. The summed E-state index contributed by atoms with van der Waals surface area (Å²) >= 11 is 1.86. The van der Waals surface area contributed by atoms with Crippen LogP contribution in [0.4, 0.5) is 0 Å². The van der Waals surface area contributed by atoms with Gasteiger partial charge in [-0.1, -0.05) is 146 Å². The Morgan fingerprint density at radius 1 is 0.362 bits per heavy atom. The molecular weight excluding hydrogens is 591 g/mol. The highest BCUT2D eigenvalue weighted by Crippen LogP contribution is 2.47. The van der Waals surface area contributed by atoms with Crippen molar-refractivity contribution in [2.75, 3.05) is 0 Å². The average molecular weight is 618 g/mol. The molecule has 0 fully saturated rings. The molecule has 2 heterocycles. The van der Waals surface area contributed by atoms with E-state index >= 15 is 0 Å². The van der Waals surface area contributed by atoms with E-state index in [-0.39, 0.29) is 0 Å². The molecule has 3 nitrogen and oxygen atoms in total. The number of hydrogen-bond donors (Lipinski definition) is 0. The number of thiophene rings is 1. The Bertz CT molecular complexity index is 2500. The van der Waals surface area contributed by atoms with Gasteiger partial charge >= 0.3 is 0 Å². The van der Waals surface area contributed by atoms with Crippen molar-refractivity contribution < 1.29 is 0 Å². The molecule has 0 aliphatic rings. The number of hydrogen-bond acceptors (Lipinski definition) is 4. The fraction of sp³-hybridized carbons (Fsp3) is 0. The monoisotopic (exact) mass is 617 g/mol. The van der Waals surface area contributed by atoms with Gasteiger partial charge in [-0.2, -0.15) is 0 Å². The number of benzene rings is 7. The maximum absolute atomic E-state index is 5.05. The third-order valence-corrected chi connectivity index (χ3v) is 9.84. The lowest BCUT2D eigenvalue weighted by Crippen LogP contribution is -2.00. The van der Waals surface area contributed by atoms with Gasteiger partial charge in [-0.05, 0) is 51.2 Å². The van der Waals surface area contributed by atoms with E-state index in [1.807, 2.05) is 72.0 Å². The van der Waals surface area contributed by atoms with E-state index in [1.54, 1.807) is 0 Å². The predicted molar refractivity (Wildman–Crippen MR) is 197 cm³/mol. The quantitative estimate of drug-likeness (QED) is 0.193. The van der Waals surface area contributed by atoms with Crippen LogP contribution in [-0.2, 0) is 0 Å². The predicted octanol–water partition coefficient (Wildman–Crippen LogP) is 11.7. The molecule has 0 saturated heterocycles. The highest BCUT2D eigenvalue weighted by molar-refractivity contribution is 7.26. The van der Waals surface area contributed by atoms with Crippen molar-refractivity contribution in [2.45, 2.75) is 0 Å². The van der Waals surface area contributed by atoms with Crippen LogP contribution in [0.5, 0.6) is 0 Å². The van der Waals surface area contributed by atoms with E-state index in [0.717, 1.165) is 27.8 Å². The molecule has 2 aromatic heterocycles. The summed E-state index contributed by atoms with van der Waals surface area (Å²) in [6, 6.07) is 57.5. The number of nitrogens with zero attached hydrogens (tertiary/aromatic N) is 3. The summed E-state index contributed by atoms with van der Waals surface area (Å²) in [5, 5.41) is 5.06. The Morgan fingerprint density at radius 2 is 0.894 bits per heavy atom. The van der Waals surface area contributed by atoms with Gasteiger partial charge in [0.2, 0.25) is 0 Å². The molecule has 0 aliphatic carbocycles. The van der Waals surface area contributed by atoms with Gasteiger partial charge in [-0.3, -0.25) is 0 Å². The molecular formula is C43H27N3S. The van der Waals surface area contributed by atoms with Crippen molar-refractivity contribution in [3.05, 3.63) is 164 Å². The summed E-state index contributed by atoms with van der Waals surface area (Å²) in [7, 11) is 0. The first-order valence-corrected chi connectivity index (χ1v) is 16.5. The van der Waals surface area contributed by atoms with E-state index < -0.39 is 0 Å². The van der Waals surface area contributed by atoms with Crippen LogP contribution in [0.15, 0.2) is 164 Å². The van der Waals surface area contributed by atoms with E-state index in [9.17, 15) is 0 Å². The number of aromatic nitrogens is 3. The molecule has 4 heteroatoms. The fourth-order valence-electron chi connectivity index (χ4n) is 6.53. The van der Waals surface area contributed by atoms with Crippen molar-refractivity contribution in [3.8, 4) is 56.4 Å². The van der Waals surface area contributed by atoms with E-state index in [4.69, 9.17) is 15.0 Å². The summed E-state index contributed by atoms with van der Waals surface area (Å²) < 4.78 is 2.59. The van der Waals surface area contributed by atoms with Crippen LogP contribution >= 0.6 is 11.3 Å². The second-order valence-corrected chi connectivity index (χ2v) is 12.7. The van der Waals surface area contributed by atoms with Crippen molar-refractivity contribution in [2.24, 2.45) is 0 Å². The largest absolute Gasteiger partial charge is 0.208 e. The van der Waals surface area contributed by atoms with Crippen molar-refractivity contribution in [1.82, 2.24) is 15.0 Å². The first-order valence-electron chi connectivity index (χ1n) is 15.7. The molecule has 0 amide bonds. The summed E-state index contributed by atoms with van der Waals surface area (Å²) in [4.78, 5) is 15.0. The molecule has 47 heavy (non-hydrogen) atoms. The Hall–Kier alpha value is -5.97. The molecule has 9 rings (SSSR count). The molecule has 0 N–H and O–H groups in total. The van der Waals surface area contributed by atoms with Gasteiger partial charge < -0.3 is 0 Å². The van der Waals surface area contributed by atoms with Crippen molar-refractivity contribution in [3.63, 3.8) is 0 Å². The maximum Gasteiger partial charge on any atom is 0.164 e. The Morgan fingerprint density at radius 3 is 1.55 bits per heavy atom. The lowest BCUT2D eigenvalue weighted by atomic mass is 9.87. The van der Waals surface area contributed by atoms with E-state index in [0.29, 0.717) is 17.5 Å². The minimum atomic E-state index is 0.644. The van der Waals surface area contributed by atoms with E-state index in [1.165, 1.54) is 42.1 Å². The zero-order valence-corrected chi connectivity index (χ0v) is 26.2. The third-order valence-electron chi connectivity index (χ3n) is 8.72. The average Bonchev–Trinajstić information content (AvgIpc) is 3.52. The van der Waals surface area contributed by atoms with Crippen LogP contribution < -0.4 is 0 Å². The van der Waals surface area contributed by atoms with Crippen LogP contribution in [0.25, 0.3) is 87.4 Å². The SMILES string of the molecule is c1ccc(-c2nc(-c3ccccc3)nc(-c3ccc(-c4c5ccccc5cc5sc6ccccc6c45)c(-c4ccccc4)c3)n2)cc1. The second-order valence-electron chi connectivity index (χ2n) is 11.6. The van der Waals surface area contributed by atoms with Gasteiger partial charge in [0.15, 0.2) is 17.5 Å². The molecule has 0 unspecified atom stereocenters. The lowest BCUT2D eigenvalue weighted by molar-refractivity contribution is 1.07. The summed E-state index contributed by atoms with van der Waals surface area (Å²) in [5.74, 6) is 1.95. The van der Waals surface area contributed by atoms with Crippen LogP contribution in [0, 0.1) is 0 Å². The standard InChI is InChI=1S/C43H27N3S/c1-4-14-28(15-5-1)36-26-32(43-45-41(29-16-6-2-7-17-29)44-42(46-43)30-18-8-3-9-19-30)24-25-34(36)39-33-21-11-10-20-31(33)27-38-40(39)35-22-12-13-23-37(35)47-38/h1-27H. The molecule has 0 radical (unpaired) electrons. The van der Waals surface area contributed by atoms with Crippen molar-refractivity contribution >= 4 is 42.3 Å². The summed E-state index contributed by atoms with van der Waals surface area (Å²) in [6.07, 6.45) is 0. The zero-order chi connectivity index (χ0) is 31.2. The van der Waals surface area contributed by atoms with Crippen LogP contribution in [0.1, 0.15) is 0 Å². The van der Waals surface area contributed by atoms with Crippen LogP contribution in [-0.4, -0.2) is 15.0 Å². The first-order chi connectivity index (χ1) is 23.3. The Kier molecular flexibility index (Phi) is 6.65. The molecule has 7 aromatic carbocycles. The topological polar surface area (TPSA) is 38.7 Å². The molecule has 0 bridgehead atoms. The van der Waals surface area contributed by atoms with E-state index in [2.05, 4.69) is 103 Å². The van der Waals surface area contributed by atoms with Crippen LogP contribution in [0.2, 0.25) is 0 Å². The van der Waals surface area contributed by atoms with Gasteiger partial charge in [-0.15, -0.1) is 11.3 Å². The minimum Gasteiger partial charge on any atom is -0.208 e. The highest BCUT2D eigenvalue weighted by atomic mass is 32.1. The molecule has 0 aliphatic heterocycles. The fourth-order valence-corrected chi connectivity index (χ4v) is 7.69. The minimum absolute atomic E-state index is 0.644. The smallest absolute Gasteiger partial charge is 0.164 e. The lowest BCUT2D eigenvalue weighted by Gasteiger charge is -2.17. The van der Waals surface area contributed by atoms with Crippen molar-refractivity contribution in [1.29, 1.82) is 0 Å². The van der Waals surface area contributed by atoms with Gasteiger partial charge in [0, 0.05) is 36.9 Å². The molecule has 0 saturated carbocycles. The first kappa shape index (κ1) is 27.3. The maximum atomic E-state index is 5.05. The zero-order valence-electron chi connectivity index (χ0n) is 25.3. The summed E-state index contributed by atoms with van der Waals surface area (Å²) in [6.45, 7) is 0. The summed E-state index contributed by atoms with van der Waals surface area (Å²) in [5.41, 5.74) is 7.57. The van der Waals surface area contributed by atoms with Gasteiger partial charge in [0.1, 0.15) is 0 Å².